The van der Waals surface area contributed by atoms with E-state index >= 15 is 0 Å². The number of morpholine rings is 1. The van der Waals surface area contributed by atoms with Crippen LogP contribution in [0.3, 0.4) is 0 Å². The van der Waals surface area contributed by atoms with Crippen molar-refractivity contribution in [2.45, 2.75) is 13.1 Å². The first-order valence-corrected chi connectivity index (χ1v) is 6.93. The predicted molar refractivity (Wildman–Crippen MR) is 74.8 cm³/mol. The lowest BCUT2D eigenvalue weighted by Gasteiger charge is -2.26. The third-order valence-corrected chi connectivity index (χ3v) is 3.72. The molecule has 108 valence electrons. The van der Waals surface area contributed by atoms with Gasteiger partial charge in [-0.2, -0.15) is 0 Å². The maximum absolute atomic E-state index is 13.3. The van der Waals surface area contributed by atoms with Crippen LogP contribution in [0.2, 0.25) is 0 Å². The maximum atomic E-state index is 13.3. The van der Waals surface area contributed by atoms with Gasteiger partial charge in [0.15, 0.2) is 0 Å². The summed E-state index contributed by atoms with van der Waals surface area (Å²) >= 11 is 0. The van der Waals surface area contributed by atoms with Gasteiger partial charge in [0.05, 0.1) is 30.8 Å². The van der Waals surface area contributed by atoms with Crippen LogP contribution in [0, 0.1) is 5.82 Å². The van der Waals surface area contributed by atoms with Crippen molar-refractivity contribution >= 4 is 11.0 Å². The van der Waals surface area contributed by atoms with Gasteiger partial charge in [0.1, 0.15) is 11.6 Å². The lowest BCUT2D eigenvalue weighted by molar-refractivity contribution is 0.0364. The molecular weight excluding hydrogens is 259 g/mol. The molecule has 0 bridgehead atoms. The van der Waals surface area contributed by atoms with Crippen LogP contribution in [0.4, 0.5) is 4.39 Å². The number of imidazole rings is 1. The van der Waals surface area contributed by atoms with Crippen LogP contribution in [-0.2, 0) is 17.8 Å². The highest BCUT2D eigenvalue weighted by Crippen LogP contribution is 2.17. The van der Waals surface area contributed by atoms with Gasteiger partial charge >= 0.3 is 0 Å². The van der Waals surface area contributed by atoms with Crippen molar-refractivity contribution in [1.82, 2.24) is 14.5 Å². The molecule has 0 radical (unpaired) electrons. The van der Waals surface area contributed by atoms with Gasteiger partial charge in [0.25, 0.3) is 0 Å². The first kappa shape index (κ1) is 13.5. The molecule has 1 aromatic carbocycles. The van der Waals surface area contributed by atoms with E-state index in [4.69, 9.17) is 10.5 Å². The molecule has 1 aromatic heterocycles. The summed E-state index contributed by atoms with van der Waals surface area (Å²) < 4.78 is 20.7. The van der Waals surface area contributed by atoms with Gasteiger partial charge in [-0.1, -0.05) is 0 Å². The Hall–Kier alpha value is -1.50. The highest BCUT2D eigenvalue weighted by Gasteiger charge is 2.13. The molecule has 5 nitrogen and oxygen atoms in total. The second-order valence-electron chi connectivity index (χ2n) is 4.97. The van der Waals surface area contributed by atoms with Crippen molar-refractivity contribution in [3.05, 3.63) is 29.8 Å². The highest BCUT2D eigenvalue weighted by molar-refractivity contribution is 5.76. The van der Waals surface area contributed by atoms with Gasteiger partial charge < -0.3 is 15.0 Å². The third-order valence-electron chi connectivity index (χ3n) is 3.72. The Balaban J connectivity index is 1.81. The predicted octanol–water partition coefficient (Wildman–Crippen LogP) is 0.966. The number of benzene rings is 1. The largest absolute Gasteiger partial charge is 0.379 e. The molecule has 1 saturated heterocycles. The Kier molecular flexibility index (Phi) is 3.95. The van der Waals surface area contributed by atoms with Gasteiger partial charge in [0, 0.05) is 32.2 Å². The summed E-state index contributed by atoms with van der Waals surface area (Å²) in [5.74, 6) is 0.540. The van der Waals surface area contributed by atoms with Gasteiger partial charge in [0.2, 0.25) is 0 Å². The Morgan fingerprint density at radius 3 is 2.80 bits per heavy atom. The van der Waals surface area contributed by atoms with E-state index in [0.29, 0.717) is 12.1 Å². The molecule has 0 aliphatic carbocycles. The van der Waals surface area contributed by atoms with Crippen molar-refractivity contribution in [3.63, 3.8) is 0 Å². The fraction of sp³-hybridized carbons (Fsp3) is 0.500. The first-order valence-electron chi connectivity index (χ1n) is 6.93. The first-order chi connectivity index (χ1) is 9.78. The number of nitrogens with two attached hydrogens (primary N) is 1. The van der Waals surface area contributed by atoms with E-state index < -0.39 is 0 Å². The minimum Gasteiger partial charge on any atom is -0.379 e. The molecule has 6 heteroatoms. The Morgan fingerprint density at radius 1 is 1.25 bits per heavy atom. The highest BCUT2D eigenvalue weighted by atomic mass is 19.1. The second kappa shape index (κ2) is 5.87. The summed E-state index contributed by atoms with van der Waals surface area (Å²) in [4.78, 5) is 6.77. The third kappa shape index (κ3) is 2.67. The monoisotopic (exact) mass is 278 g/mol. The van der Waals surface area contributed by atoms with Gasteiger partial charge in [-0.05, 0) is 12.1 Å². The average Bonchev–Trinajstić information content (AvgIpc) is 2.83. The topological polar surface area (TPSA) is 56.3 Å². The molecule has 1 aliphatic rings. The van der Waals surface area contributed by atoms with E-state index in [9.17, 15) is 4.39 Å². The number of ether oxygens (including phenoxy) is 1. The van der Waals surface area contributed by atoms with Crippen molar-refractivity contribution in [1.29, 1.82) is 0 Å². The SMILES string of the molecule is NCc1nc2cc(F)ccc2n1CCN1CCOCC1. The van der Waals surface area contributed by atoms with Crippen LogP contribution in [0.15, 0.2) is 18.2 Å². The zero-order chi connectivity index (χ0) is 13.9. The lowest BCUT2D eigenvalue weighted by Crippen LogP contribution is -2.38. The van der Waals surface area contributed by atoms with Gasteiger partial charge in [-0.25, -0.2) is 9.37 Å². The maximum Gasteiger partial charge on any atom is 0.125 e. The van der Waals surface area contributed by atoms with Crippen molar-refractivity contribution < 1.29 is 9.13 Å². The number of halogens is 1. The number of rotatable bonds is 4. The molecular formula is C14H19FN4O. The van der Waals surface area contributed by atoms with Gasteiger partial charge in [-0.3, -0.25) is 4.90 Å². The van der Waals surface area contributed by atoms with E-state index in [1.165, 1.54) is 12.1 Å². The van der Waals surface area contributed by atoms with E-state index in [-0.39, 0.29) is 5.82 Å². The number of hydrogen-bond acceptors (Lipinski definition) is 4. The van der Waals surface area contributed by atoms with Crippen LogP contribution in [-0.4, -0.2) is 47.3 Å². The molecule has 2 heterocycles. The molecule has 1 fully saturated rings. The molecule has 3 rings (SSSR count). The van der Waals surface area contributed by atoms with Crippen molar-refractivity contribution in [2.24, 2.45) is 5.73 Å². The summed E-state index contributed by atoms with van der Waals surface area (Å²) in [5.41, 5.74) is 7.37. The molecule has 2 aromatic rings. The fourth-order valence-electron chi connectivity index (χ4n) is 2.62. The fourth-order valence-corrected chi connectivity index (χ4v) is 2.62. The molecule has 0 saturated carbocycles. The quantitative estimate of drug-likeness (QED) is 0.905. The van der Waals surface area contributed by atoms with E-state index in [2.05, 4.69) is 14.5 Å². The van der Waals surface area contributed by atoms with Crippen LogP contribution in [0.1, 0.15) is 5.82 Å². The molecule has 0 amide bonds. The number of hydrogen-bond donors (Lipinski definition) is 1. The summed E-state index contributed by atoms with van der Waals surface area (Å²) in [7, 11) is 0. The van der Waals surface area contributed by atoms with Crippen LogP contribution in [0.5, 0.6) is 0 Å². The van der Waals surface area contributed by atoms with Crippen LogP contribution < -0.4 is 5.73 Å². The summed E-state index contributed by atoms with van der Waals surface area (Å²) in [6.07, 6.45) is 0. The molecule has 0 spiro atoms. The molecule has 1 aliphatic heterocycles. The zero-order valence-electron chi connectivity index (χ0n) is 11.4. The molecule has 20 heavy (non-hydrogen) atoms. The minimum absolute atomic E-state index is 0.265. The summed E-state index contributed by atoms with van der Waals surface area (Å²) in [5, 5.41) is 0. The Labute approximate surface area is 117 Å². The molecule has 0 unspecified atom stereocenters. The smallest absolute Gasteiger partial charge is 0.125 e. The van der Waals surface area contributed by atoms with Crippen LogP contribution >= 0.6 is 0 Å². The second-order valence-corrected chi connectivity index (χ2v) is 4.97. The van der Waals surface area contributed by atoms with Crippen molar-refractivity contribution in [2.75, 3.05) is 32.8 Å². The summed E-state index contributed by atoms with van der Waals surface area (Å²) in [6, 6.07) is 4.70. The number of aromatic nitrogens is 2. The number of fused-ring (bicyclic) bond motifs is 1. The average molecular weight is 278 g/mol. The Bertz CT molecular complexity index is 592. The summed E-state index contributed by atoms with van der Waals surface area (Å²) in [6.45, 7) is 5.60. The Morgan fingerprint density at radius 2 is 2.05 bits per heavy atom. The standard InChI is InChI=1S/C14H19FN4O/c15-11-1-2-13-12(9-11)17-14(10-16)19(13)4-3-18-5-7-20-8-6-18/h1-2,9H,3-8,10,16H2. The van der Waals surface area contributed by atoms with E-state index in [1.54, 1.807) is 6.07 Å². The molecule has 0 atom stereocenters. The molecule has 2 N–H and O–H groups in total. The van der Waals surface area contributed by atoms with Crippen LogP contribution in [0.25, 0.3) is 11.0 Å². The van der Waals surface area contributed by atoms with Gasteiger partial charge in [-0.15, -0.1) is 0 Å². The minimum atomic E-state index is -0.265. The van der Waals surface area contributed by atoms with Crippen molar-refractivity contribution in [3.8, 4) is 0 Å². The lowest BCUT2D eigenvalue weighted by atomic mass is 10.3. The van der Waals surface area contributed by atoms with E-state index in [0.717, 1.165) is 50.7 Å². The number of nitrogens with zero attached hydrogens (tertiary/aromatic N) is 3. The van der Waals surface area contributed by atoms with E-state index in [1.807, 2.05) is 0 Å². The normalized spacial score (nSPS) is 16.9. The zero-order valence-corrected chi connectivity index (χ0v) is 11.4.